The van der Waals surface area contributed by atoms with Crippen molar-refractivity contribution in [3.05, 3.63) is 0 Å². The molecule has 0 rings (SSSR count). The van der Waals surface area contributed by atoms with Crippen LogP contribution in [0.2, 0.25) is 0 Å². The zero-order chi connectivity index (χ0) is 15.9. The predicted molar refractivity (Wildman–Crippen MR) is 57.9 cm³/mol. The van der Waals surface area contributed by atoms with E-state index >= 15 is 0 Å². The first-order valence-electron chi connectivity index (χ1n) is 4.42. The molecule has 0 fully saturated rings. The van der Waals surface area contributed by atoms with Crippen LogP contribution in [-0.4, -0.2) is 32.4 Å². The number of hydrogen-bond donors (Lipinski definition) is 1. The average Bonchev–Trinajstić information content (AvgIpc) is 2.11. The zero-order valence-corrected chi connectivity index (χ0v) is 11.5. The maximum atomic E-state index is 12.9. The normalized spacial score (nSPS) is 14.9. The van der Waals surface area contributed by atoms with Crippen molar-refractivity contribution in [3.63, 3.8) is 0 Å². The largest absolute Gasteiger partial charge is 0.390 e. The maximum absolute atomic E-state index is 12.9. The molecule has 0 aliphatic carbocycles. The fourth-order valence-electron chi connectivity index (χ4n) is 0.685. The number of aliphatic hydroxyl groups is 1. The Hall–Kier alpha value is -0.310. The van der Waals surface area contributed by atoms with Crippen LogP contribution in [0.3, 0.4) is 0 Å². The lowest BCUT2D eigenvalue weighted by atomic mass is 10.0. The van der Waals surface area contributed by atoms with Gasteiger partial charge in [0, 0.05) is 22.6 Å². The van der Waals surface area contributed by atoms with Gasteiger partial charge in [0.2, 0.25) is 0 Å². The maximum Gasteiger partial charge on any atom is 0.390 e. The van der Waals surface area contributed by atoms with E-state index in [0.717, 1.165) is 13.8 Å². The molecule has 112 valence electrons. The van der Waals surface area contributed by atoms with E-state index in [0.29, 0.717) is 5.92 Å². The monoisotopic (exact) mass is 410 g/mol. The van der Waals surface area contributed by atoms with E-state index in [1.54, 1.807) is 0 Å². The summed E-state index contributed by atoms with van der Waals surface area (Å²) in [7, 11) is 0. The summed E-state index contributed by atoms with van der Waals surface area (Å²) in [6.45, 7) is 1.64. The minimum absolute atomic E-state index is 0.365. The third kappa shape index (κ3) is 3.84. The zero-order valence-electron chi connectivity index (χ0n) is 9.35. The summed E-state index contributed by atoms with van der Waals surface area (Å²) < 4.78 is 96.2. The second-order valence-electron chi connectivity index (χ2n) is 4.03. The molecule has 0 radical (unpaired) electrons. The van der Waals surface area contributed by atoms with Crippen molar-refractivity contribution >= 4 is 22.6 Å². The highest BCUT2D eigenvalue weighted by Crippen LogP contribution is 2.54. The van der Waals surface area contributed by atoms with Gasteiger partial charge in [0.05, 0.1) is 0 Å². The van der Waals surface area contributed by atoms with Gasteiger partial charge in [-0.2, -0.15) is 35.1 Å². The average molecular weight is 410 g/mol. The molecule has 1 N–H and O–H groups in total. The molecule has 0 saturated heterocycles. The molecule has 0 atom stereocenters. The van der Waals surface area contributed by atoms with Crippen LogP contribution < -0.4 is 0 Å². The Morgan fingerprint density at radius 2 is 1.16 bits per heavy atom. The van der Waals surface area contributed by atoms with E-state index in [9.17, 15) is 35.1 Å². The Balaban J connectivity index is 5.70. The molecular weight excluding hydrogens is 403 g/mol. The molecule has 0 aliphatic rings. The van der Waals surface area contributed by atoms with Gasteiger partial charge in [-0.15, -0.1) is 0 Å². The van der Waals surface area contributed by atoms with E-state index in [1.165, 1.54) is 5.92 Å². The van der Waals surface area contributed by atoms with Gasteiger partial charge in [0.1, 0.15) is 5.60 Å². The molecule has 0 spiro atoms. The van der Waals surface area contributed by atoms with E-state index in [4.69, 9.17) is 5.11 Å². The minimum Gasteiger partial charge on any atom is -0.378 e. The SMILES string of the molecule is CC(C)(O)C#CC(F)(F)C(F)(F)C(F)(F)C(F)(F)I. The lowest BCUT2D eigenvalue weighted by Gasteiger charge is -2.32. The van der Waals surface area contributed by atoms with Crippen molar-refractivity contribution in [1.82, 2.24) is 0 Å². The van der Waals surface area contributed by atoms with Gasteiger partial charge in [-0.1, -0.05) is 5.92 Å². The molecule has 0 aromatic heterocycles. The van der Waals surface area contributed by atoms with Gasteiger partial charge < -0.3 is 5.11 Å². The quantitative estimate of drug-likeness (QED) is 0.326. The molecular formula is C9H7F8IO. The molecule has 0 aliphatic heterocycles. The molecule has 19 heavy (non-hydrogen) atoms. The van der Waals surface area contributed by atoms with E-state index in [2.05, 4.69) is 0 Å². The molecule has 0 unspecified atom stereocenters. The van der Waals surface area contributed by atoms with E-state index in [1.807, 2.05) is 0 Å². The number of rotatable bonds is 3. The molecule has 0 heterocycles. The van der Waals surface area contributed by atoms with Crippen LogP contribution in [0.4, 0.5) is 35.1 Å². The standard InChI is InChI=1S/C9H7F8IO/c1-5(2,19)3-4-6(10,11)7(12,13)8(14,15)9(16,17)18/h19H,1-2H3. The Labute approximate surface area is 116 Å². The summed E-state index contributed by atoms with van der Waals surface area (Å²) >= 11 is -0.365. The van der Waals surface area contributed by atoms with Crippen molar-refractivity contribution in [1.29, 1.82) is 0 Å². The molecule has 0 aromatic rings. The van der Waals surface area contributed by atoms with Gasteiger partial charge in [-0.25, -0.2) is 0 Å². The van der Waals surface area contributed by atoms with Crippen molar-refractivity contribution < 1.29 is 40.2 Å². The number of hydrogen-bond acceptors (Lipinski definition) is 1. The fraction of sp³-hybridized carbons (Fsp3) is 0.778. The van der Waals surface area contributed by atoms with Gasteiger partial charge in [0.25, 0.3) is 0 Å². The second kappa shape index (κ2) is 4.91. The number of halogens is 9. The van der Waals surface area contributed by atoms with Gasteiger partial charge in [-0.3, -0.25) is 0 Å². The van der Waals surface area contributed by atoms with Crippen LogP contribution in [-0.2, 0) is 0 Å². The van der Waals surface area contributed by atoms with Crippen molar-refractivity contribution in [2.24, 2.45) is 0 Å². The highest BCUT2D eigenvalue weighted by atomic mass is 127. The Bertz CT molecular complexity index is 395. The third-order valence-corrected chi connectivity index (χ3v) is 2.35. The fourth-order valence-corrected chi connectivity index (χ4v) is 1.02. The first-order valence-corrected chi connectivity index (χ1v) is 5.50. The second-order valence-corrected chi connectivity index (χ2v) is 5.38. The summed E-state index contributed by atoms with van der Waals surface area (Å²) in [6.07, 6.45) is 0. The molecule has 0 aromatic carbocycles. The Morgan fingerprint density at radius 3 is 1.42 bits per heavy atom. The Morgan fingerprint density at radius 1 is 0.789 bits per heavy atom. The molecule has 0 bridgehead atoms. The lowest BCUT2D eigenvalue weighted by molar-refractivity contribution is -0.326. The summed E-state index contributed by atoms with van der Waals surface area (Å²) in [4.78, 5) is 0. The molecule has 0 amide bonds. The van der Waals surface area contributed by atoms with Gasteiger partial charge in [-0.05, 0) is 19.8 Å². The van der Waals surface area contributed by atoms with Crippen LogP contribution in [0.1, 0.15) is 13.8 Å². The van der Waals surface area contributed by atoms with E-state index in [-0.39, 0.29) is 22.6 Å². The molecule has 0 saturated carbocycles. The van der Waals surface area contributed by atoms with Gasteiger partial charge >= 0.3 is 21.7 Å². The van der Waals surface area contributed by atoms with Gasteiger partial charge in [0.15, 0.2) is 0 Å². The molecule has 1 nitrogen and oxygen atoms in total. The lowest BCUT2D eigenvalue weighted by Crippen LogP contribution is -2.59. The first-order chi connectivity index (χ1) is 7.96. The highest BCUT2D eigenvalue weighted by molar-refractivity contribution is 14.1. The van der Waals surface area contributed by atoms with Crippen LogP contribution in [0.15, 0.2) is 0 Å². The smallest absolute Gasteiger partial charge is 0.378 e. The Kier molecular flexibility index (Phi) is 4.83. The van der Waals surface area contributed by atoms with E-state index < -0.39 is 27.3 Å². The summed E-state index contributed by atoms with van der Waals surface area (Å²) in [5, 5.41) is 8.92. The number of alkyl halides is 9. The molecule has 10 heteroatoms. The van der Waals surface area contributed by atoms with Crippen molar-refractivity contribution in [2.45, 2.75) is 41.1 Å². The predicted octanol–water partition coefficient (Wildman–Crippen LogP) is 3.69. The summed E-state index contributed by atoms with van der Waals surface area (Å²) in [6, 6.07) is 0. The van der Waals surface area contributed by atoms with Crippen LogP contribution in [0.25, 0.3) is 0 Å². The van der Waals surface area contributed by atoms with Crippen LogP contribution >= 0.6 is 22.6 Å². The van der Waals surface area contributed by atoms with Crippen LogP contribution in [0.5, 0.6) is 0 Å². The van der Waals surface area contributed by atoms with Crippen molar-refractivity contribution in [3.8, 4) is 11.8 Å². The summed E-state index contributed by atoms with van der Waals surface area (Å²) in [5.74, 6) is -16.9. The topological polar surface area (TPSA) is 20.2 Å². The minimum atomic E-state index is -6.41. The highest BCUT2D eigenvalue weighted by Gasteiger charge is 2.79. The third-order valence-electron chi connectivity index (χ3n) is 1.67. The van der Waals surface area contributed by atoms with Crippen LogP contribution in [0, 0.1) is 11.8 Å². The summed E-state index contributed by atoms with van der Waals surface area (Å²) in [5.41, 5.74) is -2.18. The van der Waals surface area contributed by atoms with Crippen molar-refractivity contribution in [2.75, 3.05) is 0 Å². The first kappa shape index (κ1) is 18.7.